The molecule has 6 rings (SSSR count). The molecule has 3 heterocycles. The molecule has 11 nitrogen and oxygen atoms in total. The minimum absolute atomic E-state index is 0.0140. The highest BCUT2D eigenvalue weighted by molar-refractivity contribution is 5.82. The molecular formula is C40H45F4N5O6. The normalized spacial score (nSPS) is 20.5. The minimum Gasteiger partial charge on any atom is -0.490 e. The number of aromatic nitrogens is 1. The van der Waals surface area contributed by atoms with Gasteiger partial charge in [0.15, 0.2) is 5.76 Å². The van der Waals surface area contributed by atoms with Crippen LogP contribution in [0.25, 0.3) is 11.3 Å². The van der Waals surface area contributed by atoms with Crippen LogP contribution in [0.1, 0.15) is 43.3 Å². The standard InChI is InChI=1S/C40H45F4N5O6/c1-39(2,38-45-20-34(55-38)26-12-14-28(41)15-13-26)49-17-16-48(31(22-49)37(53)46-24-40(42,43)44)21-29(50)19-27(18-25-8-4-3-5-9-25)36(52)47-35-30-10-6-7-11-33(30)54-23-32(35)51/h3-15,20,27,29,31-32,35,50-51H,16-19,21-24H2,1-2H3,(H,46,53)(H,47,52)/t27?,29-,31-,32+,35-/m0/s1. The number of rotatable bonds is 13. The molecule has 0 radical (unpaired) electrons. The van der Waals surface area contributed by atoms with Crippen molar-refractivity contribution in [3.8, 4) is 17.1 Å². The predicted molar refractivity (Wildman–Crippen MR) is 194 cm³/mol. The first-order chi connectivity index (χ1) is 26.2. The molecule has 55 heavy (non-hydrogen) atoms. The Hall–Kier alpha value is -4.83. The van der Waals surface area contributed by atoms with Crippen molar-refractivity contribution in [1.82, 2.24) is 25.4 Å². The first kappa shape index (κ1) is 39.9. The van der Waals surface area contributed by atoms with Gasteiger partial charge in [-0.1, -0.05) is 48.5 Å². The number of para-hydroxylation sites is 1. The highest BCUT2D eigenvalue weighted by Crippen LogP contribution is 2.34. The largest absolute Gasteiger partial charge is 0.490 e. The van der Waals surface area contributed by atoms with Crippen LogP contribution in [0.2, 0.25) is 0 Å². The van der Waals surface area contributed by atoms with E-state index >= 15 is 0 Å². The molecule has 2 aliphatic rings. The maximum Gasteiger partial charge on any atom is 0.405 e. The summed E-state index contributed by atoms with van der Waals surface area (Å²) >= 11 is 0. The van der Waals surface area contributed by atoms with Crippen LogP contribution in [0.3, 0.4) is 0 Å². The molecular weight excluding hydrogens is 722 g/mol. The van der Waals surface area contributed by atoms with E-state index in [0.717, 1.165) is 5.56 Å². The first-order valence-electron chi connectivity index (χ1n) is 18.2. The molecule has 4 aromatic rings. The molecule has 2 aliphatic heterocycles. The number of aliphatic hydroxyl groups is 2. The number of aliphatic hydroxyl groups excluding tert-OH is 2. The van der Waals surface area contributed by atoms with Gasteiger partial charge in [0, 0.05) is 43.2 Å². The van der Waals surface area contributed by atoms with E-state index in [2.05, 4.69) is 10.3 Å². The summed E-state index contributed by atoms with van der Waals surface area (Å²) in [6.07, 6.45) is -5.07. The van der Waals surface area contributed by atoms with Crippen molar-refractivity contribution in [2.75, 3.05) is 39.3 Å². The van der Waals surface area contributed by atoms with Crippen LogP contribution in [0.4, 0.5) is 17.6 Å². The molecule has 0 aliphatic carbocycles. The van der Waals surface area contributed by atoms with E-state index in [1.165, 1.54) is 18.3 Å². The number of piperazine rings is 1. The third-order valence-electron chi connectivity index (χ3n) is 10.2. The average Bonchev–Trinajstić information content (AvgIpc) is 3.67. The second kappa shape index (κ2) is 16.9. The summed E-state index contributed by atoms with van der Waals surface area (Å²) < 4.78 is 64.9. The van der Waals surface area contributed by atoms with Gasteiger partial charge in [0.2, 0.25) is 17.7 Å². The molecule has 1 saturated heterocycles. The first-order valence-corrected chi connectivity index (χ1v) is 18.2. The van der Waals surface area contributed by atoms with Gasteiger partial charge in [-0.05, 0) is 62.6 Å². The number of nitrogens with one attached hydrogen (secondary N) is 2. The Balaban J connectivity index is 1.18. The van der Waals surface area contributed by atoms with Gasteiger partial charge in [0.05, 0.1) is 23.9 Å². The van der Waals surface area contributed by atoms with Gasteiger partial charge in [-0.2, -0.15) is 13.2 Å². The Morgan fingerprint density at radius 3 is 2.44 bits per heavy atom. The van der Waals surface area contributed by atoms with Crippen LogP contribution < -0.4 is 15.4 Å². The molecule has 5 atom stereocenters. The number of hydrogen-bond acceptors (Lipinski definition) is 9. The quantitative estimate of drug-likeness (QED) is 0.144. The highest BCUT2D eigenvalue weighted by Gasteiger charge is 2.43. The molecule has 1 fully saturated rings. The van der Waals surface area contributed by atoms with E-state index in [1.54, 1.807) is 41.3 Å². The number of carbonyl (C=O) groups excluding carboxylic acids is 2. The summed E-state index contributed by atoms with van der Waals surface area (Å²) in [6, 6.07) is 20.2. The zero-order valence-electron chi connectivity index (χ0n) is 30.5. The Bertz CT molecular complexity index is 1910. The summed E-state index contributed by atoms with van der Waals surface area (Å²) in [6.45, 7) is 2.51. The third-order valence-corrected chi connectivity index (χ3v) is 10.2. The fourth-order valence-corrected chi connectivity index (χ4v) is 7.19. The summed E-state index contributed by atoms with van der Waals surface area (Å²) in [7, 11) is 0. The number of benzene rings is 3. The molecule has 294 valence electrons. The lowest BCUT2D eigenvalue weighted by atomic mass is 9.90. The van der Waals surface area contributed by atoms with Crippen molar-refractivity contribution in [3.63, 3.8) is 0 Å². The van der Waals surface area contributed by atoms with Gasteiger partial charge in [-0.25, -0.2) is 9.37 Å². The second-order valence-electron chi connectivity index (χ2n) is 14.6. The molecule has 1 aromatic heterocycles. The third kappa shape index (κ3) is 9.89. The maximum absolute atomic E-state index is 13.9. The molecule has 4 N–H and O–H groups in total. The van der Waals surface area contributed by atoms with Crippen LogP contribution >= 0.6 is 0 Å². The van der Waals surface area contributed by atoms with E-state index in [1.807, 2.05) is 54.4 Å². The van der Waals surface area contributed by atoms with Gasteiger partial charge < -0.3 is 30.0 Å². The van der Waals surface area contributed by atoms with Crippen LogP contribution in [0.5, 0.6) is 5.75 Å². The number of amides is 2. The lowest BCUT2D eigenvalue weighted by molar-refractivity contribution is -0.144. The number of ether oxygens (including phenoxy) is 1. The van der Waals surface area contributed by atoms with E-state index in [0.29, 0.717) is 35.1 Å². The van der Waals surface area contributed by atoms with E-state index < -0.39 is 66.1 Å². The zero-order valence-corrected chi connectivity index (χ0v) is 30.5. The number of nitrogens with zero attached hydrogens (tertiary/aromatic N) is 3. The van der Waals surface area contributed by atoms with Gasteiger partial charge in [-0.15, -0.1) is 0 Å². The van der Waals surface area contributed by atoms with Crippen LogP contribution in [0, 0.1) is 11.7 Å². The Labute approximate surface area is 316 Å². The molecule has 2 amide bonds. The monoisotopic (exact) mass is 767 g/mol. The minimum atomic E-state index is -4.64. The molecule has 0 spiro atoms. The summed E-state index contributed by atoms with van der Waals surface area (Å²) in [4.78, 5) is 35.4. The molecule has 0 saturated carbocycles. The van der Waals surface area contributed by atoms with Crippen molar-refractivity contribution < 1.29 is 46.5 Å². The molecule has 15 heteroatoms. The smallest absolute Gasteiger partial charge is 0.405 e. The molecule has 1 unspecified atom stereocenters. The fraction of sp³-hybridized carbons (Fsp3) is 0.425. The lowest BCUT2D eigenvalue weighted by Gasteiger charge is -2.46. The lowest BCUT2D eigenvalue weighted by Crippen LogP contribution is -2.63. The van der Waals surface area contributed by atoms with Crippen molar-refractivity contribution >= 4 is 11.8 Å². The number of halogens is 4. The van der Waals surface area contributed by atoms with Crippen LogP contribution in [0.15, 0.2) is 89.5 Å². The zero-order chi connectivity index (χ0) is 39.3. The number of β-amino-alcohol motifs (C(OH)–C–C–N with tert-alkyl or cyclic N) is 1. The number of fused-ring (bicyclic) bond motifs is 1. The van der Waals surface area contributed by atoms with Crippen molar-refractivity contribution in [3.05, 3.63) is 108 Å². The summed E-state index contributed by atoms with van der Waals surface area (Å²) in [5.41, 5.74) is 1.15. The van der Waals surface area contributed by atoms with Crippen LogP contribution in [-0.2, 0) is 21.5 Å². The fourth-order valence-electron chi connectivity index (χ4n) is 7.19. The van der Waals surface area contributed by atoms with E-state index in [-0.39, 0.29) is 39.1 Å². The van der Waals surface area contributed by atoms with Gasteiger partial charge in [-0.3, -0.25) is 19.4 Å². The second-order valence-corrected chi connectivity index (χ2v) is 14.6. The Morgan fingerprint density at radius 1 is 1.00 bits per heavy atom. The van der Waals surface area contributed by atoms with Crippen molar-refractivity contribution in [2.24, 2.45) is 5.92 Å². The number of oxazole rings is 1. The van der Waals surface area contributed by atoms with Gasteiger partial charge in [0.25, 0.3) is 0 Å². The van der Waals surface area contributed by atoms with Crippen LogP contribution in [-0.4, -0.2) is 101 Å². The molecule has 3 aromatic carbocycles. The maximum atomic E-state index is 13.9. The SMILES string of the molecule is CC(C)(c1ncc(-c2ccc(F)cc2)o1)N1CCN(C[C@@H](O)CC(Cc2ccccc2)C(=O)N[C@H]2c3ccccc3OC[C@H]2O)[C@H](C(=O)NCC(F)(F)F)C1. The molecule has 0 bridgehead atoms. The predicted octanol–water partition coefficient (Wildman–Crippen LogP) is 4.60. The van der Waals surface area contributed by atoms with Crippen molar-refractivity contribution in [2.45, 2.75) is 62.7 Å². The van der Waals surface area contributed by atoms with Crippen molar-refractivity contribution in [1.29, 1.82) is 0 Å². The Morgan fingerprint density at radius 2 is 1.71 bits per heavy atom. The summed E-state index contributed by atoms with van der Waals surface area (Å²) in [5.74, 6) is -1.20. The topological polar surface area (TPSA) is 140 Å². The van der Waals surface area contributed by atoms with E-state index in [4.69, 9.17) is 9.15 Å². The van der Waals surface area contributed by atoms with Gasteiger partial charge >= 0.3 is 6.18 Å². The van der Waals surface area contributed by atoms with Gasteiger partial charge in [0.1, 0.15) is 36.9 Å². The number of alkyl halides is 3. The highest BCUT2D eigenvalue weighted by atomic mass is 19.4. The van der Waals surface area contributed by atoms with E-state index in [9.17, 15) is 37.4 Å². The number of hydrogen-bond donors (Lipinski definition) is 4. The average molecular weight is 768 g/mol. The number of carbonyl (C=O) groups is 2. The summed E-state index contributed by atoms with van der Waals surface area (Å²) in [5, 5.41) is 27.3. The Kier molecular flexibility index (Phi) is 12.2.